The minimum absolute atomic E-state index is 0.102. The zero-order chi connectivity index (χ0) is 14.0. The highest BCUT2D eigenvalue weighted by molar-refractivity contribution is 5.42. The van der Waals surface area contributed by atoms with Gasteiger partial charge in [-0.1, -0.05) is 57.2 Å². The molecule has 0 spiro atoms. The fraction of sp³-hybridized carbons (Fsp3) is 0.294. The molecule has 0 saturated heterocycles. The molecular weight excluding hydrogens is 232 g/mol. The van der Waals surface area contributed by atoms with Gasteiger partial charge in [0, 0.05) is 5.69 Å². The summed E-state index contributed by atoms with van der Waals surface area (Å²) in [5.41, 5.74) is 16.4. The Labute approximate surface area is 115 Å². The van der Waals surface area contributed by atoms with Crippen LogP contribution in [-0.2, 0) is 5.41 Å². The summed E-state index contributed by atoms with van der Waals surface area (Å²) in [5, 5.41) is 0. The fourth-order valence-corrected chi connectivity index (χ4v) is 2.09. The third-order valence-electron chi connectivity index (χ3n) is 3.43. The molecule has 1 atom stereocenters. The predicted octanol–water partition coefficient (Wildman–Crippen LogP) is 3.61. The SMILES string of the molecule is CC(C)(C)c1ccc(C(N)c2ccc(N)cc2)cc1. The van der Waals surface area contributed by atoms with Gasteiger partial charge in [-0.05, 0) is 34.2 Å². The van der Waals surface area contributed by atoms with Gasteiger partial charge in [0.05, 0.1) is 6.04 Å². The van der Waals surface area contributed by atoms with E-state index < -0.39 is 0 Å². The second kappa shape index (κ2) is 5.06. The van der Waals surface area contributed by atoms with Gasteiger partial charge in [0.1, 0.15) is 0 Å². The summed E-state index contributed by atoms with van der Waals surface area (Å²) >= 11 is 0. The van der Waals surface area contributed by atoms with Gasteiger partial charge in [-0.3, -0.25) is 0 Å². The van der Waals surface area contributed by atoms with Gasteiger partial charge in [0.25, 0.3) is 0 Å². The van der Waals surface area contributed by atoms with Crippen molar-refractivity contribution in [1.82, 2.24) is 0 Å². The zero-order valence-corrected chi connectivity index (χ0v) is 11.9. The number of nitrogens with two attached hydrogens (primary N) is 2. The number of hydrogen-bond acceptors (Lipinski definition) is 2. The molecule has 0 heterocycles. The first-order valence-electron chi connectivity index (χ1n) is 6.59. The molecule has 100 valence electrons. The van der Waals surface area contributed by atoms with Crippen LogP contribution < -0.4 is 11.5 Å². The molecule has 0 aliphatic carbocycles. The van der Waals surface area contributed by atoms with Crippen LogP contribution in [0.5, 0.6) is 0 Å². The van der Waals surface area contributed by atoms with Crippen molar-refractivity contribution in [3.8, 4) is 0 Å². The Morgan fingerprint density at radius 3 is 1.63 bits per heavy atom. The maximum atomic E-state index is 6.28. The summed E-state index contributed by atoms with van der Waals surface area (Å²) in [4.78, 5) is 0. The second-order valence-electron chi connectivity index (χ2n) is 6.02. The van der Waals surface area contributed by atoms with Crippen LogP contribution in [0.15, 0.2) is 48.5 Å². The number of anilines is 1. The van der Waals surface area contributed by atoms with Crippen LogP contribution >= 0.6 is 0 Å². The van der Waals surface area contributed by atoms with E-state index in [1.165, 1.54) is 5.56 Å². The Balaban J connectivity index is 2.25. The summed E-state index contributed by atoms with van der Waals surface area (Å²) < 4.78 is 0. The molecule has 0 radical (unpaired) electrons. The van der Waals surface area contributed by atoms with E-state index >= 15 is 0 Å². The lowest BCUT2D eigenvalue weighted by Gasteiger charge is -2.20. The standard InChI is InChI=1S/C17H22N2/c1-17(2,3)14-8-4-12(5-9-14)16(19)13-6-10-15(18)11-7-13/h4-11,16H,18-19H2,1-3H3. The van der Waals surface area contributed by atoms with Crippen molar-refractivity contribution in [2.75, 3.05) is 5.73 Å². The van der Waals surface area contributed by atoms with E-state index in [0.29, 0.717) is 0 Å². The van der Waals surface area contributed by atoms with Gasteiger partial charge >= 0.3 is 0 Å². The van der Waals surface area contributed by atoms with Crippen LogP contribution in [0.4, 0.5) is 5.69 Å². The first-order chi connectivity index (χ1) is 8.88. The van der Waals surface area contributed by atoms with Crippen LogP contribution in [0.1, 0.15) is 43.5 Å². The van der Waals surface area contributed by atoms with Crippen LogP contribution in [0.25, 0.3) is 0 Å². The molecule has 19 heavy (non-hydrogen) atoms. The smallest absolute Gasteiger partial charge is 0.0551 e. The molecular formula is C17H22N2. The highest BCUT2D eigenvalue weighted by Crippen LogP contribution is 2.25. The van der Waals surface area contributed by atoms with Crippen molar-refractivity contribution < 1.29 is 0 Å². The Bertz CT molecular complexity index is 533. The van der Waals surface area contributed by atoms with E-state index in [9.17, 15) is 0 Å². The molecule has 0 aliphatic heterocycles. The van der Waals surface area contributed by atoms with Gasteiger partial charge in [-0.25, -0.2) is 0 Å². The van der Waals surface area contributed by atoms with E-state index in [1.54, 1.807) is 0 Å². The lowest BCUT2D eigenvalue weighted by molar-refractivity contribution is 0.589. The third-order valence-corrected chi connectivity index (χ3v) is 3.43. The lowest BCUT2D eigenvalue weighted by Crippen LogP contribution is -2.14. The highest BCUT2D eigenvalue weighted by Gasteiger charge is 2.14. The number of benzene rings is 2. The summed E-state index contributed by atoms with van der Waals surface area (Å²) in [5.74, 6) is 0. The maximum Gasteiger partial charge on any atom is 0.0551 e. The van der Waals surface area contributed by atoms with Crippen molar-refractivity contribution in [2.45, 2.75) is 32.2 Å². The maximum absolute atomic E-state index is 6.28. The van der Waals surface area contributed by atoms with Crippen molar-refractivity contribution in [2.24, 2.45) is 5.73 Å². The molecule has 2 aromatic rings. The normalized spacial score (nSPS) is 13.3. The molecule has 0 amide bonds. The molecule has 2 aromatic carbocycles. The van der Waals surface area contributed by atoms with Gasteiger partial charge in [0.15, 0.2) is 0 Å². The van der Waals surface area contributed by atoms with E-state index in [0.717, 1.165) is 16.8 Å². The van der Waals surface area contributed by atoms with Crippen molar-refractivity contribution in [3.05, 3.63) is 65.2 Å². The van der Waals surface area contributed by atoms with Crippen LogP contribution in [0, 0.1) is 0 Å². The number of nitrogen functional groups attached to an aromatic ring is 1. The molecule has 4 N–H and O–H groups in total. The summed E-state index contributed by atoms with van der Waals surface area (Å²) in [7, 11) is 0. The second-order valence-corrected chi connectivity index (χ2v) is 6.02. The average Bonchev–Trinajstić information content (AvgIpc) is 2.38. The lowest BCUT2D eigenvalue weighted by atomic mass is 9.86. The number of rotatable bonds is 2. The van der Waals surface area contributed by atoms with E-state index in [-0.39, 0.29) is 11.5 Å². The topological polar surface area (TPSA) is 52.0 Å². The van der Waals surface area contributed by atoms with Crippen LogP contribution in [-0.4, -0.2) is 0 Å². The molecule has 0 aliphatic rings. The molecule has 2 nitrogen and oxygen atoms in total. The molecule has 0 saturated carbocycles. The van der Waals surface area contributed by atoms with Crippen molar-refractivity contribution >= 4 is 5.69 Å². The first-order valence-corrected chi connectivity index (χ1v) is 6.59. The molecule has 2 heteroatoms. The zero-order valence-electron chi connectivity index (χ0n) is 11.9. The monoisotopic (exact) mass is 254 g/mol. The van der Waals surface area contributed by atoms with Crippen molar-refractivity contribution in [3.63, 3.8) is 0 Å². The first kappa shape index (κ1) is 13.6. The van der Waals surface area contributed by atoms with Gasteiger partial charge in [-0.2, -0.15) is 0 Å². The quantitative estimate of drug-likeness (QED) is 0.804. The summed E-state index contributed by atoms with van der Waals surface area (Å²) in [6.07, 6.45) is 0. The van der Waals surface area contributed by atoms with Crippen LogP contribution in [0.2, 0.25) is 0 Å². The molecule has 2 rings (SSSR count). The minimum atomic E-state index is -0.102. The Morgan fingerprint density at radius 2 is 1.21 bits per heavy atom. The van der Waals surface area contributed by atoms with Gasteiger partial charge < -0.3 is 11.5 Å². The van der Waals surface area contributed by atoms with E-state index in [1.807, 2.05) is 24.3 Å². The largest absolute Gasteiger partial charge is 0.399 e. The van der Waals surface area contributed by atoms with Gasteiger partial charge in [0.2, 0.25) is 0 Å². The van der Waals surface area contributed by atoms with Gasteiger partial charge in [-0.15, -0.1) is 0 Å². The number of hydrogen-bond donors (Lipinski definition) is 2. The summed E-state index contributed by atoms with van der Waals surface area (Å²) in [6.45, 7) is 6.63. The molecule has 0 bridgehead atoms. The van der Waals surface area contributed by atoms with Crippen molar-refractivity contribution in [1.29, 1.82) is 0 Å². The Morgan fingerprint density at radius 1 is 0.789 bits per heavy atom. The van der Waals surface area contributed by atoms with E-state index in [4.69, 9.17) is 11.5 Å². The van der Waals surface area contributed by atoms with E-state index in [2.05, 4.69) is 45.0 Å². The molecule has 0 aromatic heterocycles. The fourth-order valence-electron chi connectivity index (χ4n) is 2.09. The third kappa shape index (κ3) is 3.15. The molecule has 0 fully saturated rings. The summed E-state index contributed by atoms with van der Waals surface area (Å²) in [6, 6.07) is 16.2. The predicted molar refractivity (Wildman–Crippen MR) is 82.0 cm³/mol. The highest BCUT2D eigenvalue weighted by atomic mass is 14.6. The molecule has 1 unspecified atom stereocenters. The Hall–Kier alpha value is -1.80. The average molecular weight is 254 g/mol. The Kier molecular flexibility index (Phi) is 3.63. The van der Waals surface area contributed by atoms with Crippen LogP contribution in [0.3, 0.4) is 0 Å². The minimum Gasteiger partial charge on any atom is -0.399 e.